The molecule has 4 nitrogen and oxygen atoms in total. The van der Waals surface area contributed by atoms with E-state index in [4.69, 9.17) is 10.5 Å². The van der Waals surface area contributed by atoms with Crippen LogP contribution in [0.5, 0.6) is 5.75 Å². The average Bonchev–Trinajstić information content (AvgIpc) is 2.51. The molecular formula is C12H21N3O. The van der Waals surface area contributed by atoms with Crippen LogP contribution >= 0.6 is 0 Å². The summed E-state index contributed by atoms with van der Waals surface area (Å²) in [4.78, 5) is 0. The van der Waals surface area contributed by atoms with E-state index in [0.717, 1.165) is 24.3 Å². The Bertz CT molecular complexity index is 348. The van der Waals surface area contributed by atoms with Crippen LogP contribution in [0.25, 0.3) is 0 Å². The highest BCUT2D eigenvalue weighted by molar-refractivity contribution is 5.29. The van der Waals surface area contributed by atoms with E-state index in [1.807, 2.05) is 11.7 Å². The summed E-state index contributed by atoms with van der Waals surface area (Å²) in [6.07, 6.45) is 7.85. The number of nitrogens with two attached hydrogens (primary N) is 1. The summed E-state index contributed by atoms with van der Waals surface area (Å²) in [5.74, 6) is 1.27. The molecule has 1 aromatic rings. The Hall–Kier alpha value is -1.03. The van der Waals surface area contributed by atoms with Crippen LogP contribution in [0.3, 0.4) is 0 Å². The maximum atomic E-state index is 6.27. The van der Waals surface area contributed by atoms with Crippen molar-refractivity contribution in [1.29, 1.82) is 0 Å². The Morgan fingerprint density at radius 3 is 2.88 bits per heavy atom. The first-order valence-electron chi connectivity index (χ1n) is 6.05. The Kier molecular flexibility index (Phi) is 3.49. The Morgan fingerprint density at radius 1 is 1.38 bits per heavy atom. The summed E-state index contributed by atoms with van der Waals surface area (Å²) >= 11 is 0. The van der Waals surface area contributed by atoms with Gasteiger partial charge in [-0.05, 0) is 12.8 Å². The lowest BCUT2D eigenvalue weighted by atomic mass is 9.91. The first-order valence-corrected chi connectivity index (χ1v) is 6.05. The molecule has 2 rings (SSSR count). The zero-order chi connectivity index (χ0) is 11.5. The number of hydrogen-bond acceptors (Lipinski definition) is 3. The quantitative estimate of drug-likeness (QED) is 0.778. The topological polar surface area (TPSA) is 53.1 Å². The molecule has 90 valence electrons. The fourth-order valence-corrected chi connectivity index (χ4v) is 2.68. The molecule has 0 radical (unpaired) electrons. The molecule has 2 unspecified atom stereocenters. The first kappa shape index (κ1) is 11.5. The number of aryl methyl sites for hydroxylation is 1. The second-order valence-electron chi connectivity index (χ2n) is 4.63. The van der Waals surface area contributed by atoms with E-state index in [-0.39, 0.29) is 6.04 Å². The largest absolute Gasteiger partial charge is 0.493 e. The molecule has 4 heteroatoms. The van der Waals surface area contributed by atoms with Crippen LogP contribution in [0, 0.1) is 0 Å². The molecule has 2 N–H and O–H groups in total. The number of rotatable bonds is 2. The molecule has 1 saturated carbocycles. The maximum Gasteiger partial charge on any atom is 0.160 e. The van der Waals surface area contributed by atoms with E-state index < -0.39 is 0 Å². The minimum absolute atomic E-state index is 0.242. The van der Waals surface area contributed by atoms with E-state index in [2.05, 4.69) is 5.10 Å². The molecule has 0 aliphatic heterocycles. The molecule has 2 atom stereocenters. The van der Waals surface area contributed by atoms with Gasteiger partial charge in [0, 0.05) is 19.0 Å². The third kappa shape index (κ3) is 2.07. The lowest BCUT2D eigenvalue weighted by molar-refractivity contribution is 0.390. The van der Waals surface area contributed by atoms with Crippen molar-refractivity contribution in [3.8, 4) is 5.75 Å². The third-order valence-electron chi connectivity index (χ3n) is 3.59. The van der Waals surface area contributed by atoms with Crippen LogP contribution in [-0.4, -0.2) is 22.9 Å². The van der Waals surface area contributed by atoms with Gasteiger partial charge in [-0.2, -0.15) is 5.10 Å². The molecular weight excluding hydrogens is 202 g/mol. The molecule has 0 saturated heterocycles. The lowest BCUT2D eigenvalue weighted by Gasteiger charge is -2.22. The van der Waals surface area contributed by atoms with Crippen LogP contribution in [-0.2, 0) is 7.05 Å². The molecule has 1 aliphatic rings. The molecule has 0 amide bonds. The highest BCUT2D eigenvalue weighted by atomic mass is 16.5. The van der Waals surface area contributed by atoms with Gasteiger partial charge in [0.25, 0.3) is 0 Å². The van der Waals surface area contributed by atoms with Gasteiger partial charge in [-0.25, -0.2) is 0 Å². The molecule has 1 aliphatic carbocycles. The predicted octanol–water partition coefficient (Wildman–Crippen LogP) is 1.80. The maximum absolute atomic E-state index is 6.27. The summed E-state index contributed by atoms with van der Waals surface area (Å²) in [5, 5.41) is 4.26. The number of hydrogen-bond donors (Lipinski definition) is 1. The molecule has 0 aromatic carbocycles. The van der Waals surface area contributed by atoms with Crippen LogP contribution < -0.4 is 10.5 Å². The van der Waals surface area contributed by atoms with E-state index >= 15 is 0 Å². The molecule has 0 spiro atoms. The van der Waals surface area contributed by atoms with Crippen LogP contribution in [0.2, 0.25) is 0 Å². The fraction of sp³-hybridized carbons (Fsp3) is 0.750. The van der Waals surface area contributed by atoms with Gasteiger partial charge in [-0.3, -0.25) is 4.68 Å². The Balaban J connectivity index is 2.29. The first-order chi connectivity index (χ1) is 7.74. The van der Waals surface area contributed by atoms with Crippen molar-refractivity contribution < 1.29 is 4.74 Å². The van der Waals surface area contributed by atoms with Crippen molar-refractivity contribution in [3.05, 3.63) is 11.9 Å². The SMILES string of the molecule is COc1cnn(C)c1C1CCCCCC1N. The Labute approximate surface area is 96.8 Å². The number of nitrogens with zero attached hydrogens (tertiary/aromatic N) is 2. The predicted molar refractivity (Wildman–Crippen MR) is 63.6 cm³/mol. The minimum Gasteiger partial charge on any atom is -0.493 e. The molecule has 1 fully saturated rings. The second kappa shape index (κ2) is 4.87. The van der Waals surface area contributed by atoms with Gasteiger partial charge in [0.2, 0.25) is 0 Å². The van der Waals surface area contributed by atoms with E-state index in [9.17, 15) is 0 Å². The van der Waals surface area contributed by atoms with Crippen LogP contribution in [0.1, 0.15) is 43.7 Å². The highest BCUT2D eigenvalue weighted by Gasteiger charge is 2.27. The van der Waals surface area contributed by atoms with Crippen molar-refractivity contribution in [2.24, 2.45) is 12.8 Å². The van der Waals surface area contributed by atoms with Gasteiger partial charge in [0.1, 0.15) is 0 Å². The van der Waals surface area contributed by atoms with Gasteiger partial charge in [-0.15, -0.1) is 0 Å². The number of aromatic nitrogens is 2. The van der Waals surface area contributed by atoms with E-state index in [1.165, 1.54) is 19.3 Å². The average molecular weight is 223 g/mol. The van der Waals surface area contributed by atoms with E-state index in [0.29, 0.717) is 5.92 Å². The monoisotopic (exact) mass is 223 g/mol. The Morgan fingerprint density at radius 2 is 2.12 bits per heavy atom. The summed E-state index contributed by atoms with van der Waals surface area (Å²) in [5.41, 5.74) is 7.43. The summed E-state index contributed by atoms with van der Waals surface area (Å²) in [6.45, 7) is 0. The molecule has 1 heterocycles. The molecule has 1 aromatic heterocycles. The standard InChI is InChI=1S/C12H21N3O/c1-15-12(11(16-2)8-14-15)9-6-4-3-5-7-10(9)13/h8-10H,3-7,13H2,1-2H3. The summed E-state index contributed by atoms with van der Waals surface area (Å²) in [6, 6.07) is 0.242. The van der Waals surface area contributed by atoms with Gasteiger partial charge < -0.3 is 10.5 Å². The van der Waals surface area contributed by atoms with Crippen molar-refractivity contribution >= 4 is 0 Å². The zero-order valence-electron chi connectivity index (χ0n) is 10.1. The number of ether oxygens (including phenoxy) is 1. The third-order valence-corrected chi connectivity index (χ3v) is 3.59. The summed E-state index contributed by atoms with van der Waals surface area (Å²) in [7, 11) is 3.66. The minimum atomic E-state index is 0.242. The molecule has 16 heavy (non-hydrogen) atoms. The van der Waals surface area contributed by atoms with Crippen molar-refractivity contribution in [2.75, 3.05) is 7.11 Å². The van der Waals surface area contributed by atoms with Crippen molar-refractivity contribution in [1.82, 2.24) is 9.78 Å². The van der Waals surface area contributed by atoms with Gasteiger partial charge >= 0.3 is 0 Å². The van der Waals surface area contributed by atoms with Gasteiger partial charge in [0.15, 0.2) is 5.75 Å². The van der Waals surface area contributed by atoms with Crippen molar-refractivity contribution in [3.63, 3.8) is 0 Å². The van der Waals surface area contributed by atoms with Gasteiger partial charge in [0.05, 0.1) is 19.0 Å². The summed E-state index contributed by atoms with van der Waals surface area (Å²) < 4.78 is 7.28. The van der Waals surface area contributed by atoms with Crippen LogP contribution in [0.15, 0.2) is 6.20 Å². The normalized spacial score (nSPS) is 26.4. The number of methoxy groups -OCH3 is 1. The zero-order valence-corrected chi connectivity index (χ0v) is 10.1. The van der Waals surface area contributed by atoms with Gasteiger partial charge in [-0.1, -0.05) is 19.3 Å². The molecule has 0 bridgehead atoms. The highest BCUT2D eigenvalue weighted by Crippen LogP contribution is 2.35. The van der Waals surface area contributed by atoms with Crippen LogP contribution in [0.4, 0.5) is 0 Å². The smallest absolute Gasteiger partial charge is 0.160 e. The van der Waals surface area contributed by atoms with Crippen molar-refractivity contribution in [2.45, 2.75) is 44.1 Å². The lowest BCUT2D eigenvalue weighted by Crippen LogP contribution is -2.29. The fourth-order valence-electron chi connectivity index (χ4n) is 2.68. The van der Waals surface area contributed by atoms with E-state index in [1.54, 1.807) is 13.3 Å². The second-order valence-corrected chi connectivity index (χ2v) is 4.63.